The van der Waals surface area contributed by atoms with Crippen molar-refractivity contribution in [2.75, 3.05) is 0 Å². The lowest BCUT2D eigenvalue weighted by Crippen LogP contribution is -2.24. The largest absolute Gasteiger partial charge is 0.348 e. The van der Waals surface area contributed by atoms with Gasteiger partial charge in [-0.25, -0.2) is 9.97 Å². The minimum Gasteiger partial charge on any atom is -0.348 e. The number of aryl methyl sites for hydroxylation is 1. The molecular formula is C22H19N5O2. The van der Waals surface area contributed by atoms with E-state index in [1.807, 2.05) is 31.2 Å². The Morgan fingerprint density at radius 3 is 2.14 bits per heavy atom. The maximum Gasteiger partial charge on any atom is 0.254 e. The summed E-state index contributed by atoms with van der Waals surface area (Å²) in [7, 11) is 0. The van der Waals surface area contributed by atoms with Crippen molar-refractivity contribution in [1.29, 1.82) is 5.26 Å². The smallest absolute Gasteiger partial charge is 0.254 e. The Hall–Kier alpha value is -4.05. The first-order valence-corrected chi connectivity index (χ1v) is 8.98. The third-order valence-corrected chi connectivity index (χ3v) is 4.22. The van der Waals surface area contributed by atoms with Crippen molar-refractivity contribution in [2.45, 2.75) is 20.0 Å². The molecular weight excluding hydrogens is 366 g/mol. The minimum absolute atomic E-state index is 0.0119. The highest BCUT2D eigenvalue weighted by atomic mass is 16.2. The van der Waals surface area contributed by atoms with Crippen molar-refractivity contribution in [1.82, 2.24) is 20.6 Å². The van der Waals surface area contributed by atoms with Gasteiger partial charge in [0.1, 0.15) is 6.07 Å². The Labute approximate surface area is 168 Å². The van der Waals surface area contributed by atoms with Crippen LogP contribution in [0.2, 0.25) is 0 Å². The predicted molar refractivity (Wildman–Crippen MR) is 107 cm³/mol. The fourth-order valence-electron chi connectivity index (χ4n) is 2.67. The maximum absolute atomic E-state index is 12.3. The van der Waals surface area contributed by atoms with Gasteiger partial charge in [-0.3, -0.25) is 9.59 Å². The van der Waals surface area contributed by atoms with E-state index in [4.69, 9.17) is 5.26 Å². The molecule has 2 amide bonds. The zero-order chi connectivity index (χ0) is 20.6. The van der Waals surface area contributed by atoms with E-state index in [0.717, 1.165) is 16.7 Å². The molecule has 0 bridgehead atoms. The van der Waals surface area contributed by atoms with Gasteiger partial charge in [0, 0.05) is 31.0 Å². The molecule has 0 aliphatic rings. The number of nitrogens with zero attached hydrogens (tertiary/aromatic N) is 3. The van der Waals surface area contributed by atoms with Crippen LogP contribution in [0.25, 0.3) is 0 Å². The minimum atomic E-state index is -0.338. The first-order valence-electron chi connectivity index (χ1n) is 8.98. The zero-order valence-corrected chi connectivity index (χ0v) is 15.8. The molecule has 0 aliphatic carbocycles. The second kappa shape index (κ2) is 9.24. The molecule has 1 heterocycles. The van der Waals surface area contributed by atoms with Gasteiger partial charge in [0.05, 0.1) is 5.56 Å². The lowest BCUT2D eigenvalue weighted by Gasteiger charge is -2.08. The van der Waals surface area contributed by atoms with E-state index >= 15 is 0 Å². The zero-order valence-electron chi connectivity index (χ0n) is 15.8. The van der Waals surface area contributed by atoms with Gasteiger partial charge in [-0.15, -0.1) is 0 Å². The molecule has 7 nitrogen and oxygen atoms in total. The number of benzene rings is 2. The van der Waals surface area contributed by atoms with Crippen molar-refractivity contribution in [3.8, 4) is 6.07 Å². The standard InChI is InChI=1S/C22H19N5O2/c1-15-3-2-4-17(9-15)12-27-21(28)18-7-5-16(6-8-18)11-26-22(29)19-13-24-20(10-23)25-14-19/h2-9,13-14H,11-12H2,1H3,(H,26,29)(H,27,28). The number of rotatable bonds is 6. The van der Waals surface area contributed by atoms with E-state index in [9.17, 15) is 9.59 Å². The second-order valence-corrected chi connectivity index (χ2v) is 6.46. The van der Waals surface area contributed by atoms with Crippen molar-refractivity contribution in [3.05, 3.63) is 94.6 Å². The molecule has 0 saturated heterocycles. The highest BCUT2D eigenvalue weighted by Crippen LogP contribution is 2.07. The summed E-state index contributed by atoms with van der Waals surface area (Å²) in [5.74, 6) is -0.482. The fraction of sp³-hybridized carbons (Fsp3) is 0.136. The molecule has 2 aromatic carbocycles. The Morgan fingerprint density at radius 2 is 1.52 bits per heavy atom. The number of carbonyl (C=O) groups excluding carboxylic acids is 2. The van der Waals surface area contributed by atoms with Crippen LogP contribution in [0.1, 0.15) is 43.2 Å². The summed E-state index contributed by atoms with van der Waals surface area (Å²) in [6, 6.07) is 16.8. The third kappa shape index (κ3) is 5.47. The van der Waals surface area contributed by atoms with E-state index in [2.05, 4.69) is 20.6 Å². The topological polar surface area (TPSA) is 108 Å². The van der Waals surface area contributed by atoms with Gasteiger partial charge in [-0.1, -0.05) is 42.0 Å². The summed E-state index contributed by atoms with van der Waals surface area (Å²) in [5.41, 5.74) is 3.87. The Balaban J connectivity index is 1.52. The van der Waals surface area contributed by atoms with Gasteiger partial charge in [0.25, 0.3) is 11.8 Å². The Morgan fingerprint density at radius 1 is 0.897 bits per heavy atom. The third-order valence-electron chi connectivity index (χ3n) is 4.22. The quantitative estimate of drug-likeness (QED) is 0.678. The Bertz CT molecular complexity index is 1050. The summed E-state index contributed by atoms with van der Waals surface area (Å²) in [6.45, 7) is 2.77. The van der Waals surface area contributed by atoms with E-state index < -0.39 is 0 Å². The van der Waals surface area contributed by atoms with Crippen LogP contribution < -0.4 is 10.6 Å². The van der Waals surface area contributed by atoms with Gasteiger partial charge < -0.3 is 10.6 Å². The number of nitriles is 1. The number of aromatic nitrogens is 2. The number of amides is 2. The molecule has 3 aromatic rings. The van der Waals surface area contributed by atoms with Crippen LogP contribution in [0.4, 0.5) is 0 Å². The van der Waals surface area contributed by atoms with Gasteiger partial charge in [0.2, 0.25) is 5.82 Å². The van der Waals surface area contributed by atoms with Crippen molar-refractivity contribution < 1.29 is 9.59 Å². The first kappa shape index (κ1) is 19.7. The average molecular weight is 385 g/mol. The predicted octanol–water partition coefficient (Wildman–Crippen LogP) is 2.52. The van der Waals surface area contributed by atoms with Crippen LogP contribution in [0.3, 0.4) is 0 Å². The van der Waals surface area contributed by atoms with E-state index in [0.29, 0.717) is 18.7 Å². The van der Waals surface area contributed by atoms with Crippen LogP contribution in [0.15, 0.2) is 60.9 Å². The van der Waals surface area contributed by atoms with E-state index in [1.165, 1.54) is 12.4 Å². The molecule has 29 heavy (non-hydrogen) atoms. The van der Waals surface area contributed by atoms with Gasteiger partial charge in [-0.2, -0.15) is 5.26 Å². The van der Waals surface area contributed by atoms with Crippen molar-refractivity contribution >= 4 is 11.8 Å². The van der Waals surface area contributed by atoms with Crippen LogP contribution in [-0.4, -0.2) is 21.8 Å². The summed E-state index contributed by atoms with van der Waals surface area (Å²) in [6.07, 6.45) is 2.62. The number of nitrogens with one attached hydrogen (secondary N) is 2. The first-order chi connectivity index (χ1) is 14.0. The summed E-state index contributed by atoms with van der Waals surface area (Å²) >= 11 is 0. The molecule has 0 atom stereocenters. The molecule has 1 aromatic heterocycles. The molecule has 7 heteroatoms. The molecule has 3 rings (SSSR count). The highest BCUT2D eigenvalue weighted by Gasteiger charge is 2.08. The molecule has 2 N–H and O–H groups in total. The number of hydrogen-bond acceptors (Lipinski definition) is 5. The average Bonchev–Trinajstić information content (AvgIpc) is 2.76. The Kier molecular flexibility index (Phi) is 6.28. The molecule has 0 radical (unpaired) electrons. The van der Waals surface area contributed by atoms with E-state index in [-0.39, 0.29) is 23.2 Å². The van der Waals surface area contributed by atoms with Gasteiger partial charge in [-0.05, 0) is 30.2 Å². The number of hydrogen-bond donors (Lipinski definition) is 2. The lowest BCUT2D eigenvalue weighted by atomic mass is 10.1. The summed E-state index contributed by atoms with van der Waals surface area (Å²) in [5, 5.41) is 14.3. The van der Waals surface area contributed by atoms with Gasteiger partial charge in [0.15, 0.2) is 0 Å². The number of carbonyl (C=O) groups is 2. The monoisotopic (exact) mass is 385 g/mol. The maximum atomic E-state index is 12.3. The van der Waals surface area contributed by atoms with Crippen molar-refractivity contribution in [3.63, 3.8) is 0 Å². The molecule has 0 fully saturated rings. The molecule has 144 valence electrons. The fourth-order valence-corrected chi connectivity index (χ4v) is 2.67. The second-order valence-electron chi connectivity index (χ2n) is 6.46. The summed E-state index contributed by atoms with van der Waals surface area (Å²) in [4.78, 5) is 31.9. The van der Waals surface area contributed by atoms with Crippen LogP contribution in [-0.2, 0) is 13.1 Å². The SMILES string of the molecule is Cc1cccc(CNC(=O)c2ccc(CNC(=O)c3cnc(C#N)nc3)cc2)c1. The van der Waals surface area contributed by atoms with Crippen LogP contribution in [0, 0.1) is 18.3 Å². The molecule has 0 aliphatic heterocycles. The van der Waals surface area contributed by atoms with Crippen molar-refractivity contribution in [2.24, 2.45) is 0 Å². The van der Waals surface area contributed by atoms with E-state index in [1.54, 1.807) is 30.3 Å². The van der Waals surface area contributed by atoms with Crippen LogP contribution in [0.5, 0.6) is 0 Å². The molecule has 0 unspecified atom stereocenters. The normalized spacial score (nSPS) is 10.1. The molecule has 0 spiro atoms. The van der Waals surface area contributed by atoms with Gasteiger partial charge >= 0.3 is 0 Å². The highest BCUT2D eigenvalue weighted by molar-refractivity contribution is 5.94. The van der Waals surface area contributed by atoms with Crippen LogP contribution >= 0.6 is 0 Å². The lowest BCUT2D eigenvalue weighted by molar-refractivity contribution is 0.0941. The summed E-state index contributed by atoms with van der Waals surface area (Å²) < 4.78 is 0. The molecule has 0 saturated carbocycles.